The molecule has 0 spiro atoms. The van der Waals surface area contributed by atoms with Crippen LogP contribution in [-0.4, -0.2) is 15.9 Å². The number of aromatic nitrogens is 2. The predicted octanol–water partition coefficient (Wildman–Crippen LogP) is 2.44. The summed E-state index contributed by atoms with van der Waals surface area (Å²) in [6, 6.07) is 9.50. The molecule has 86 valence electrons. The highest BCUT2D eigenvalue weighted by Gasteiger charge is 2.09. The van der Waals surface area contributed by atoms with E-state index in [1.807, 2.05) is 52.9 Å². The second kappa shape index (κ2) is 5.72. The van der Waals surface area contributed by atoms with Crippen molar-refractivity contribution in [2.24, 2.45) is 0 Å². The Bertz CT molecular complexity index is 517. The molecule has 4 nitrogen and oxygen atoms in total. The molecule has 1 heterocycles. The van der Waals surface area contributed by atoms with Crippen molar-refractivity contribution >= 4 is 28.6 Å². The highest BCUT2D eigenvalue weighted by atomic mass is 127. The Hall–Kier alpha value is -1.50. The molecule has 0 atom stereocenters. The second-order valence-corrected chi connectivity index (χ2v) is 4.39. The summed E-state index contributed by atoms with van der Waals surface area (Å²) in [4.78, 5) is 19.6. The zero-order valence-corrected chi connectivity index (χ0v) is 11.0. The van der Waals surface area contributed by atoms with Gasteiger partial charge in [0.25, 0.3) is 0 Å². The molecule has 0 fully saturated rings. The highest BCUT2D eigenvalue weighted by molar-refractivity contribution is 14.1. The number of ether oxygens (including phenoxy) is 1. The first-order valence-electron chi connectivity index (χ1n) is 4.94. The average Bonchev–Trinajstić information content (AvgIpc) is 2.37. The largest absolute Gasteiger partial charge is 0.456 e. The molecule has 2 rings (SSSR count). The van der Waals surface area contributed by atoms with Crippen molar-refractivity contribution in [2.45, 2.75) is 6.61 Å². The van der Waals surface area contributed by atoms with Gasteiger partial charge in [-0.05, 0) is 28.2 Å². The minimum atomic E-state index is -0.458. The summed E-state index contributed by atoms with van der Waals surface area (Å²) < 4.78 is 5.79. The van der Waals surface area contributed by atoms with E-state index in [0.717, 1.165) is 5.56 Å². The van der Waals surface area contributed by atoms with Gasteiger partial charge in [0.15, 0.2) is 5.69 Å². The number of nitrogens with zero attached hydrogens (tertiary/aromatic N) is 2. The fraction of sp³-hybridized carbons (Fsp3) is 0.0833. The van der Waals surface area contributed by atoms with E-state index in [1.54, 1.807) is 6.20 Å². The maximum absolute atomic E-state index is 11.6. The Kier molecular flexibility index (Phi) is 4.03. The lowest BCUT2D eigenvalue weighted by molar-refractivity contribution is 0.0465. The van der Waals surface area contributed by atoms with Gasteiger partial charge in [0.1, 0.15) is 10.3 Å². The van der Waals surface area contributed by atoms with Gasteiger partial charge in [-0.1, -0.05) is 30.3 Å². The Morgan fingerprint density at radius 1 is 1.24 bits per heavy atom. The highest BCUT2D eigenvalue weighted by Crippen LogP contribution is 2.05. The quantitative estimate of drug-likeness (QED) is 0.636. The van der Waals surface area contributed by atoms with Crippen LogP contribution in [-0.2, 0) is 11.3 Å². The smallest absolute Gasteiger partial charge is 0.358 e. The lowest BCUT2D eigenvalue weighted by Gasteiger charge is -2.03. The normalized spacial score (nSPS) is 9.94. The first-order valence-corrected chi connectivity index (χ1v) is 6.02. The summed E-state index contributed by atoms with van der Waals surface area (Å²) in [6.45, 7) is 0.243. The van der Waals surface area contributed by atoms with Gasteiger partial charge in [0.05, 0.1) is 12.4 Å². The van der Waals surface area contributed by atoms with Crippen LogP contribution < -0.4 is 0 Å². The van der Waals surface area contributed by atoms with Crippen LogP contribution in [0.3, 0.4) is 0 Å². The van der Waals surface area contributed by atoms with Crippen molar-refractivity contribution in [2.75, 3.05) is 0 Å². The molecule has 0 N–H and O–H groups in total. The molecule has 0 unspecified atom stereocenters. The summed E-state index contributed by atoms with van der Waals surface area (Å²) >= 11 is 2.00. The Labute approximate surface area is 112 Å². The molecular weight excluding hydrogens is 331 g/mol. The van der Waals surface area contributed by atoms with Crippen LogP contribution in [0, 0.1) is 3.70 Å². The molecule has 0 bridgehead atoms. The first kappa shape index (κ1) is 12.0. The molecule has 2 aromatic rings. The number of rotatable bonds is 3. The summed E-state index contributed by atoms with van der Waals surface area (Å²) in [7, 11) is 0. The molecule has 0 saturated carbocycles. The summed E-state index contributed by atoms with van der Waals surface area (Å²) in [5.74, 6) is -0.458. The zero-order valence-electron chi connectivity index (χ0n) is 8.84. The third-order valence-corrected chi connectivity index (χ3v) is 2.55. The lowest BCUT2D eigenvalue weighted by Crippen LogP contribution is -2.08. The third kappa shape index (κ3) is 3.48. The standard InChI is InChI=1S/C12H9IN2O2/c13-11-7-14-6-10(15-11)12(16)17-8-9-4-2-1-3-5-9/h1-7H,8H2. The van der Waals surface area contributed by atoms with Gasteiger partial charge < -0.3 is 4.74 Å². The number of benzene rings is 1. The molecule has 17 heavy (non-hydrogen) atoms. The third-order valence-electron chi connectivity index (χ3n) is 2.03. The zero-order chi connectivity index (χ0) is 12.1. The Balaban J connectivity index is 1.98. The molecule has 1 aromatic heterocycles. The molecule has 5 heteroatoms. The van der Waals surface area contributed by atoms with Gasteiger partial charge in [0.2, 0.25) is 0 Å². The average molecular weight is 340 g/mol. The topological polar surface area (TPSA) is 52.1 Å². The Morgan fingerprint density at radius 2 is 2.00 bits per heavy atom. The molecule has 0 saturated heterocycles. The summed E-state index contributed by atoms with van der Waals surface area (Å²) in [5, 5.41) is 0. The first-order chi connectivity index (χ1) is 8.25. The second-order valence-electron chi connectivity index (χ2n) is 3.29. The van der Waals surface area contributed by atoms with Crippen LogP contribution in [0.25, 0.3) is 0 Å². The van der Waals surface area contributed by atoms with Gasteiger partial charge in [-0.25, -0.2) is 9.78 Å². The number of halogens is 1. The number of esters is 1. The summed E-state index contributed by atoms with van der Waals surface area (Å²) in [5.41, 5.74) is 1.17. The van der Waals surface area contributed by atoms with Crippen molar-refractivity contribution in [1.29, 1.82) is 0 Å². The minimum absolute atomic E-state index is 0.229. The molecular formula is C12H9IN2O2. The van der Waals surface area contributed by atoms with E-state index in [-0.39, 0.29) is 12.3 Å². The van der Waals surface area contributed by atoms with Crippen molar-refractivity contribution in [3.8, 4) is 0 Å². The minimum Gasteiger partial charge on any atom is -0.456 e. The van der Waals surface area contributed by atoms with E-state index < -0.39 is 5.97 Å². The van der Waals surface area contributed by atoms with Crippen molar-refractivity contribution < 1.29 is 9.53 Å². The maximum Gasteiger partial charge on any atom is 0.358 e. The summed E-state index contributed by atoms with van der Waals surface area (Å²) in [6.07, 6.45) is 2.98. The molecule has 0 aliphatic carbocycles. The number of hydrogen-bond acceptors (Lipinski definition) is 4. The van der Waals surface area contributed by atoms with E-state index in [0.29, 0.717) is 3.70 Å². The van der Waals surface area contributed by atoms with E-state index in [4.69, 9.17) is 4.74 Å². The fourth-order valence-electron chi connectivity index (χ4n) is 1.24. The monoisotopic (exact) mass is 340 g/mol. The van der Waals surface area contributed by atoms with Crippen molar-refractivity contribution in [1.82, 2.24) is 9.97 Å². The lowest BCUT2D eigenvalue weighted by atomic mass is 10.2. The van der Waals surface area contributed by atoms with Gasteiger partial charge in [-0.3, -0.25) is 4.98 Å². The number of carbonyl (C=O) groups is 1. The Morgan fingerprint density at radius 3 is 2.71 bits per heavy atom. The van der Waals surface area contributed by atoms with Crippen LogP contribution in [0.1, 0.15) is 16.1 Å². The molecule has 0 radical (unpaired) electrons. The van der Waals surface area contributed by atoms with E-state index in [2.05, 4.69) is 9.97 Å². The van der Waals surface area contributed by atoms with Crippen molar-refractivity contribution in [3.63, 3.8) is 0 Å². The van der Waals surface area contributed by atoms with Crippen LogP contribution in [0.15, 0.2) is 42.7 Å². The maximum atomic E-state index is 11.6. The number of hydrogen-bond donors (Lipinski definition) is 0. The van der Waals surface area contributed by atoms with E-state index >= 15 is 0 Å². The van der Waals surface area contributed by atoms with Gasteiger partial charge in [0, 0.05) is 0 Å². The van der Waals surface area contributed by atoms with Crippen LogP contribution in [0.2, 0.25) is 0 Å². The van der Waals surface area contributed by atoms with Crippen molar-refractivity contribution in [3.05, 3.63) is 57.7 Å². The van der Waals surface area contributed by atoms with Gasteiger partial charge in [-0.15, -0.1) is 0 Å². The van der Waals surface area contributed by atoms with Gasteiger partial charge >= 0.3 is 5.97 Å². The SMILES string of the molecule is O=C(OCc1ccccc1)c1cncc(I)n1. The molecule has 0 aliphatic heterocycles. The number of carbonyl (C=O) groups excluding carboxylic acids is 1. The van der Waals surface area contributed by atoms with Crippen LogP contribution in [0.5, 0.6) is 0 Å². The molecule has 1 aromatic carbocycles. The van der Waals surface area contributed by atoms with E-state index in [9.17, 15) is 4.79 Å². The predicted molar refractivity (Wildman–Crippen MR) is 70.3 cm³/mol. The van der Waals surface area contributed by atoms with Crippen LogP contribution >= 0.6 is 22.6 Å². The molecule has 0 amide bonds. The van der Waals surface area contributed by atoms with Gasteiger partial charge in [-0.2, -0.15) is 0 Å². The van der Waals surface area contributed by atoms with Crippen LogP contribution in [0.4, 0.5) is 0 Å². The fourth-order valence-corrected chi connectivity index (χ4v) is 1.66. The van der Waals surface area contributed by atoms with E-state index in [1.165, 1.54) is 6.20 Å². The molecule has 0 aliphatic rings.